The molecule has 2 rings (SSSR count). The Morgan fingerprint density at radius 1 is 0.950 bits per heavy atom. The van der Waals surface area contributed by atoms with Gasteiger partial charge in [0.15, 0.2) is 20.2 Å². The van der Waals surface area contributed by atoms with Crippen LogP contribution in [0.15, 0.2) is 70.5 Å². The highest BCUT2D eigenvalue weighted by atomic mass is 32.3. The molecule has 20 heavy (non-hydrogen) atoms. The maximum Gasteiger partial charge on any atom is 0.198 e. The third-order valence-electron chi connectivity index (χ3n) is 2.67. The number of rotatable bonds is 5. The Balaban J connectivity index is 2.37. The minimum atomic E-state index is -3.69. The van der Waals surface area contributed by atoms with Gasteiger partial charge in [-0.1, -0.05) is 48.2 Å². The fourth-order valence-corrected chi connectivity index (χ4v) is 4.84. The normalized spacial score (nSPS) is 12.8. The van der Waals surface area contributed by atoms with Crippen molar-refractivity contribution >= 4 is 27.4 Å². The number of benzene rings is 2. The Labute approximate surface area is 122 Å². The third-order valence-corrected chi connectivity index (χ3v) is 6.64. The maximum absolute atomic E-state index is 12.5. The van der Waals surface area contributed by atoms with E-state index in [0.29, 0.717) is 0 Å². The molecular formula is C15H14O3S2. The van der Waals surface area contributed by atoms with Gasteiger partial charge in [-0.15, -0.1) is 0 Å². The molecule has 2 aromatic carbocycles. The van der Waals surface area contributed by atoms with Crippen LogP contribution in [0.4, 0.5) is 0 Å². The standard InChI is InChI=1S/C15H14O3S2/c1-12(16)15(19-13-8-4-2-5-9-13)20(17,18)14-10-6-3-7-11-14/h2-11,15H,1H3. The number of sulfone groups is 1. The summed E-state index contributed by atoms with van der Waals surface area (Å²) in [5.41, 5.74) is 0. The van der Waals surface area contributed by atoms with Gasteiger partial charge in [0.05, 0.1) is 4.90 Å². The molecule has 0 aliphatic heterocycles. The molecular weight excluding hydrogens is 292 g/mol. The van der Waals surface area contributed by atoms with E-state index in [0.717, 1.165) is 16.7 Å². The molecule has 3 nitrogen and oxygen atoms in total. The lowest BCUT2D eigenvalue weighted by molar-refractivity contribution is -0.115. The van der Waals surface area contributed by atoms with Crippen molar-refractivity contribution in [1.29, 1.82) is 0 Å². The molecule has 0 amide bonds. The molecule has 0 N–H and O–H groups in total. The molecule has 104 valence electrons. The van der Waals surface area contributed by atoms with Gasteiger partial charge in [-0.3, -0.25) is 4.79 Å². The first-order valence-electron chi connectivity index (χ1n) is 6.03. The molecule has 0 aliphatic rings. The van der Waals surface area contributed by atoms with Crippen LogP contribution in [0.25, 0.3) is 0 Å². The molecule has 0 spiro atoms. The van der Waals surface area contributed by atoms with Gasteiger partial charge in [0.1, 0.15) is 0 Å². The quantitative estimate of drug-likeness (QED) is 0.796. The highest BCUT2D eigenvalue weighted by molar-refractivity contribution is 8.14. The summed E-state index contributed by atoms with van der Waals surface area (Å²) in [5.74, 6) is -0.372. The molecule has 0 heterocycles. The van der Waals surface area contributed by atoms with E-state index in [2.05, 4.69) is 0 Å². The first-order chi connectivity index (χ1) is 9.51. The smallest absolute Gasteiger partial charge is 0.198 e. The summed E-state index contributed by atoms with van der Waals surface area (Å²) in [6.45, 7) is 1.31. The Bertz CT molecular complexity index is 680. The Kier molecular flexibility index (Phi) is 4.62. The summed E-state index contributed by atoms with van der Waals surface area (Å²) < 4.78 is 24.0. The predicted octanol–water partition coefficient (Wildman–Crippen LogP) is 3.17. The number of Topliss-reactive ketones (excluding diaryl/α,β-unsaturated/α-hetero) is 1. The first kappa shape index (κ1) is 14.8. The fraction of sp³-hybridized carbons (Fsp3) is 0.133. The highest BCUT2D eigenvalue weighted by Gasteiger charge is 2.32. The van der Waals surface area contributed by atoms with E-state index in [1.54, 1.807) is 30.3 Å². The second-order valence-electron chi connectivity index (χ2n) is 4.23. The van der Waals surface area contributed by atoms with E-state index >= 15 is 0 Å². The molecule has 0 saturated carbocycles. The van der Waals surface area contributed by atoms with Crippen molar-refractivity contribution in [3.05, 3.63) is 60.7 Å². The molecule has 0 saturated heterocycles. The predicted molar refractivity (Wildman–Crippen MR) is 80.4 cm³/mol. The second-order valence-corrected chi connectivity index (χ2v) is 7.74. The minimum absolute atomic E-state index is 0.170. The van der Waals surface area contributed by atoms with Gasteiger partial charge in [-0.25, -0.2) is 8.42 Å². The Morgan fingerprint density at radius 2 is 1.45 bits per heavy atom. The van der Waals surface area contributed by atoms with E-state index in [9.17, 15) is 13.2 Å². The van der Waals surface area contributed by atoms with Crippen molar-refractivity contribution in [1.82, 2.24) is 0 Å². The number of thioether (sulfide) groups is 1. The van der Waals surface area contributed by atoms with E-state index < -0.39 is 14.4 Å². The first-order valence-corrected chi connectivity index (χ1v) is 8.45. The van der Waals surface area contributed by atoms with Gasteiger partial charge in [0.2, 0.25) is 0 Å². The summed E-state index contributed by atoms with van der Waals surface area (Å²) in [6.07, 6.45) is 0. The topological polar surface area (TPSA) is 51.2 Å². The largest absolute Gasteiger partial charge is 0.298 e. The van der Waals surface area contributed by atoms with Gasteiger partial charge >= 0.3 is 0 Å². The zero-order valence-corrected chi connectivity index (χ0v) is 12.5. The molecule has 5 heteroatoms. The van der Waals surface area contributed by atoms with Gasteiger partial charge < -0.3 is 0 Å². The zero-order chi connectivity index (χ0) is 14.6. The van der Waals surface area contributed by atoms with E-state index in [-0.39, 0.29) is 10.7 Å². The summed E-state index contributed by atoms with van der Waals surface area (Å²) in [7, 11) is -3.69. The zero-order valence-electron chi connectivity index (χ0n) is 10.9. The van der Waals surface area contributed by atoms with Crippen molar-refractivity contribution in [3.8, 4) is 0 Å². The number of hydrogen-bond acceptors (Lipinski definition) is 4. The van der Waals surface area contributed by atoms with Crippen molar-refractivity contribution in [2.75, 3.05) is 0 Å². The summed E-state index contributed by atoms with van der Waals surface area (Å²) in [5, 5.41) is 0. The van der Waals surface area contributed by atoms with E-state index in [1.807, 2.05) is 18.2 Å². The number of carbonyl (C=O) groups excluding carboxylic acids is 1. The van der Waals surface area contributed by atoms with Crippen molar-refractivity contribution in [3.63, 3.8) is 0 Å². The van der Waals surface area contributed by atoms with Crippen LogP contribution in [0.1, 0.15) is 6.92 Å². The summed E-state index contributed by atoms with van der Waals surface area (Å²) in [4.78, 5) is 12.7. The van der Waals surface area contributed by atoms with Crippen LogP contribution in [0.3, 0.4) is 0 Å². The minimum Gasteiger partial charge on any atom is -0.298 e. The molecule has 1 atom stereocenters. The van der Waals surface area contributed by atoms with Crippen LogP contribution in [0.5, 0.6) is 0 Å². The number of carbonyl (C=O) groups is 1. The van der Waals surface area contributed by atoms with Crippen LogP contribution >= 0.6 is 11.8 Å². The van der Waals surface area contributed by atoms with Crippen LogP contribution in [0.2, 0.25) is 0 Å². The summed E-state index contributed by atoms with van der Waals surface area (Å²) in [6, 6.07) is 17.1. The van der Waals surface area contributed by atoms with Crippen LogP contribution < -0.4 is 0 Å². The van der Waals surface area contributed by atoms with Gasteiger partial charge in [-0.05, 0) is 31.2 Å². The molecule has 0 radical (unpaired) electrons. The van der Waals surface area contributed by atoms with E-state index in [1.165, 1.54) is 19.1 Å². The third kappa shape index (κ3) is 3.29. The number of hydrogen-bond donors (Lipinski definition) is 0. The fourth-order valence-electron chi connectivity index (χ4n) is 1.72. The van der Waals surface area contributed by atoms with Crippen molar-refractivity contribution in [2.45, 2.75) is 21.3 Å². The SMILES string of the molecule is CC(=O)C(Sc1ccccc1)S(=O)(=O)c1ccccc1. The molecule has 0 fully saturated rings. The highest BCUT2D eigenvalue weighted by Crippen LogP contribution is 2.31. The monoisotopic (exact) mass is 306 g/mol. The average molecular weight is 306 g/mol. The Morgan fingerprint density at radius 3 is 1.95 bits per heavy atom. The lowest BCUT2D eigenvalue weighted by atomic mass is 10.4. The van der Waals surface area contributed by atoms with Crippen LogP contribution in [0, 0.1) is 0 Å². The van der Waals surface area contributed by atoms with Gasteiger partial charge in [0, 0.05) is 4.90 Å². The van der Waals surface area contributed by atoms with E-state index in [4.69, 9.17) is 0 Å². The average Bonchev–Trinajstić information content (AvgIpc) is 2.46. The molecule has 0 bridgehead atoms. The second kappa shape index (κ2) is 6.24. The van der Waals surface area contributed by atoms with Crippen LogP contribution in [-0.2, 0) is 14.6 Å². The molecule has 0 aromatic heterocycles. The molecule has 2 aromatic rings. The van der Waals surface area contributed by atoms with Crippen molar-refractivity contribution < 1.29 is 13.2 Å². The molecule has 1 unspecified atom stereocenters. The molecule has 0 aliphatic carbocycles. The number of ketones is 1. The van der Waals surface area contributed by atoms with Gasteiger partial charge in [-0.2, -0.15) is 0 Å². The lowest BCUT2D eigenvalue weighted by Gasteiger charge is -2.14. The Hall–Kier alpha value is -1.59. The lowest BCUT2D eigenvalue weighted by Crippen LogP contribution is -2.25. The van der Waals surface area contributed by atoms with Crippen molar-refractivity contribution in [2.24, 2.45) is 0 Å². The summed E-state index contributed by atoms with van der Waals surface area (Å²) >= 11 is 1.06. The maximum atomic E-state index is 12.5. The van der Waals surface area contributed by atoms with Gasteiger partial charge in [0.25, 0.3) is 0 Å². The van der Waals surface area contributed by atoms with Crippen LogP contribution in [-0.4, -0.2) is 18.8 Å².